The third kappa shape index (κ3) is 4.71. The first kappa shape index (κ1) is 13.3. The molecule has 0 bridgehead atoms. The van der Waals surface area contributed by atoms with Crippen molar-refractivity contribution in [2.45, 2.75) is 38.6 Å². The molecule has 0 atom stereocenters. The molecular weight excluding hydrogens is 226 g/mol. The van der Waals surface area contributed by atoms with Crippen LogP contribution in [0.15, 0.2) is 0 Å². The van der Waals surface area contributed by atoms with E-state index in [1.807, 2.05) is 0 Å². The molecule has 0 aromatic heterocycles. The van der Waals surface area contributed by atoms with Crippen LogP contribution in [0.5, 0.6) is 0 Å². The highest BCUT2D eigenvalue weighted by molar-refractivity contribution is 5.82. The molecule has 0 saturated heterocycles. The zero-order valence-electron chi connectivity index (χ0n) is 9.66. The lowest BCUT2D eigenvalue weighted by atomic mass is 9.85. The summed E-state index contributed by atoms with van der Waals surface area (Å²) in [5, 5.41) is 11.0. The molecule has 96 valence electrons. The summed E-state index contributed by atoms with van der Waals surface area (Å²) in [6, 6.07) is -0.0719. The molecule has 1 saturated carbocycles. The van der Waals surface area contributed by atoms with Crippen molar-refractivity contribution in [1.82, 2.24) is 16.2 Å². The smallest absolute Gasteiger partial charge is 0.404 e. The van der Waals surface area contributed by atoms with E-state index in [2.05, 4.69) is 16.2 Å². The minimum Gasteiger partial charge on any atom is -0.465 e. The van der Waals surface area contributed by atoms with E-state index < -0.39 is 6.09 Å². The number of rotatable bonds is 2. The molecule has 0 unspecified atom stereocenters. The first-order valence-electron chi connectivity index (χ1n) is 5.55. The second-order valence-corrected chi connectivity index (χ2v) is 4.17. The quantitative estimate of drug-likeness (QED) is 0.511. The second-order valence-electron chi connectivity index (χ2n) is 4.17. The molecular formula is C10H17N3O4. The Morgan fingerprint density at radius 2 is 1.65 bits per heavy atom. The second kappa shape index (κ2) is 6.07. The van der Waals surface area contributed by atoms with Crippen LogP contribution in [0, 0.1) is 5.92 Å². The molecule has 3 amide bonds. The van der Waals surface area contributed by atoms with E-state index in [9.17, 15) is 14.4 Å². The molecule has 7 nitrogen and oxygen atoms in total. The average molecular weight is 243 g/mol. The zero-order valence-corrected chi connectivity index (χ0v) is 9.66. The van der Waals surface area contributed by atoms with E-state index in [1.54, 1.807) is 0 Å². The van der Waals surface area contributed by atoms with Gasteiger partial charge in [-0.05, 0) is 25.7 Å². The Hall–Kier alpha value is -1.79. The third-order valence-electron chi connectivity index (χ3n) is 2.79. The molecule has 17 heavy (non-hydrogen) atoms. The fourth-order valence-electron chi connectivity index (χ4n) is 1.93. The fraction of sp³-hybridized carbons (Fsp3) is 0.700. The van der Waals surface area contributed by atoms with Crippen LogP contribution in [-0.2, 0) is 9.59 Å². The van der Waals surface area contributed by atoms with E-state index in [0.29, 0.717) is 25.7 Å². The van der Waals surface area contributed by atoms with Crippen LogP contribution in [0.1, 0.15) is 32.6 Å². The highest BCUT2D eigenvalue weighted by Gasteiger charge is 2.26. The van der Waals surface area contributed by atoms with E-state index in [-0.39, 0.29) is 23.8 Å². The van der Waals surface area contributed by atoms with Gasteiger partial charge in [0.1, 0.15) is 0 Å². The molecule has 0 spiro atoms. The number of carbonyl (C=O) groups excluding carboxylic acids is 2. The van der Waals surface area contributed by atoms with Crippen molar-refractivity contribution in [1.29, 1.82) is 0 Å². The molecule has 7 heteroatoms. The van der Waals surface area contributed by atoms with Crippen molar-refractivity contribution < 1.29 is 19.5 Å². The van der Waals surface area contributed by atoms with E-state index in [4.69, 9.17) is 5.11 Å². The summed E-state index contributed by atoms with van der Waals surface area (Å²) < 4.78 is 0. The van der Waals surface area contributed by atoms with Crippen LogP contribution in [0.2, 0.25) is 0 Å². The fourth-order valence-corrected chi connectivity index (χ4v) is 1.93. The number of carbonyl (C=O) groups is 3. The first-order valence-corrected chi connectivity index (χ1v) is 5.55. The molecule has 1 rings (SSSR count). The maximum Gasteiger partial charge on any atom is 0.404 e. The Kier molecular flexibility index (Phi) is 4.74. The lowest BCUT2D eigenvalue weighted by Crippen LogP contribution is -2.46. The van der Waals surface area contributed by atoms with Crippen molar-refractivity contribution in [3.05, 3.63) is 0 Å². The summed E-state index contributed by atoms with van der Waals surface area (Å²) >= 11 is 0. The van der Waals surface area contributed by atoms with Gasteiger partial charge in [0.2, 0.25) is 11.8 Å². The van der Waals surface area contributed by atoms with Crippen LogP contribution < -0.4 is 16.2 Å². The van der Waals surface area contributed by atoms with Crippen molar-refractivity contribution >= 4 is 17.9 Å². The summed E-state index contributed by atoms with van der Waals surface area (Å²) in [5.74, 6) is -0.692. The molecule has 0 aromatic carbocycles. The van der Waals surface area contributed by atoms with Gasteiger partial charge in [-0.2, -0.15) is 0 Å². The van der Waals surface area contributed by atoms with Crippen molar-refractivity contribution in [2.75, 3.05) is 0 Å². The number of hydrogen-bond acceptors (Lipinski definition) is 3. The maximum absolute atomic E-state index is 11.6. The molecule has 1 aliphatic rings. The summed E-state index contributed by atoms with van der Waals surface area (Å²) in [4.78, 5) is 32.6. The topological polar surface area (TPSA) is 108 Å². The third-order valence-corrected chi connectivity index (χ3v) is 2.79. The number of hydrazine groups is 1. The minimum atomic E-state index is -1.03. The van der Waals surface area contributed by atoms with Gasteiger partial charge in [-0.1, -0.05) is 0 Å². The number of nitrogens with one attached hydrogen (secondary N) is 3. The predicted octanol–water partition coefficient (Wildman–Crippen LogP) is -0.0199. The first-order chi connectivity index (χ1) is 7.99. The molecule has 4 N–H and O–H groups in total. The van der Waals surface area contributed by atoms with E-state index >= 15 is 0 Å². The van der Waals surface area contributed by atoms with Gasteiger partial charge in [-0.15, -0.1) is 0 Å². The lowest BCUT2D eigenvalue weighted by Gasteiger charge is -2.27. The summed E-state index contributed by atoms with van der Waals surface area (Å²) in [6.45, 7) is 1.31. The Labute approximate surface area is 98.9 Å². The van der Waals surface area contributed by atoms with Crippen LogP contribution in [0.4, 0.5) is 4.79 Å². The van der Waals surface area contributed by atoms with Crippen molar-refractivity contribution in [3.8, 4) is 0 Å². The Balaban J connectivity index is 2.28. The average Bonchev–Trinajstić information content (AvgIpc) is 2.26. The summed E-state index contributed by atoms with van der Waals surface area (Å²) in [6.07, 6.45) is 1.50. The number of hydrogen-bond donors (Lipinski definition) is 4. The van der Waals surface area contributed by atoms with Crippen molar-refractivity contribution in [2.24, 2.45) is 5.92 Å². The monoisotopic (exact) mass is 243 g/mol. The van der Waals surface area contributed by atoms with E-state index in [0.717, 1.165) is 0 Å². The SMILES string of the molecule is CC(=O)NNC(=O)C1CCC(NC(=O)O)CC1. The molecule has 0 aliphatic heterocycles. The maximum atomic E-state index is 11.6. The molecule has 1 aliphatic carbocycles. The number of amides is 3. The largest absolute Gasteiger partial charge is 0.465 e. The summed E-state index contributed by atoms with van der Waals surface area (Å²) in [5.41, 5.74) is 4.57. The van der Waals surface area contributed by atoms with Gasteiger partial charge < -0.3 is 10.4 Å². The molecule has 0 radical (unpaired) electrons. The number of carboxylic acid groups (broad SMARTS) is 1. The van der Waals surface area contributed by atoms with Crippen LogP contribution >= 0.6 is 0 Å². The Morgan fingerprint density at radius 1 is 1.06 bits per heavy atom. The molecule has 0 aromatic rings. The highest BCUT2D eigenvalue weighted by atomic mass is 16.4. The Bertz CT molecular complexity index is 311. The predicted molar refractivity (Wildman–Crippen MR) is 58.9 cm³/mol. The van der Waals surface area contributed by atoms with Gasteiger partial charge >= 0.3 is 6.09 Å². The van der Waals surface area contributed by atoms with Crippen LogP contribution in [0.3, 0.4) is 0 Å². The normalized spacial score (nSPS) is 23.6. The highest BCUT2D eigenvalue weighted by Crippen LogP contribution is 2.24. The van der Waals surface area contributed by atoms with Crippen molar-refractivity contribution in [3.63, 3.8) is 0 Å². The van der Waals surface area contributed by atoms with Crippen LogP contribution in [0.25, 0.3) is 0 Å². The standard InChI is InChI=1S/C10H17N3O4/c1-6(14)12-13-9(15)7-2-4-8(5-3-7)11-10(16)17/h7-8,11H,2-5H2,1H3,(H,12,14)(H,13,15)(H,16,17). The lowest BCUT2D eigenvalue weighted by molar-refractivity contribution is -0.131. The summed E-state index contributed by atoms with van der Waals surface area (Å²) in [7, 11) is 0. The zero-order chi connectivity index (χ0) is 12.8. The minimum absolute atomic E-state index is 0.0719. The van der Waals surface area contributed by atoms with Crippen LogP contribution in [-0.4, -0.2) is 29.1 Å². The molecule has 1 fully saturated rings. The Morgan fingerprint density at radius 3 is 2.12 bits per heavy atom. The van der Waals surface area contributed by atoms with Gasteiger partial charge in [0.15, 0.2) is 0 Å². The van der Waals surface area contributed by atoms with Gasteiger partial charge in [0.05, 0.1) is 0 Å². The van der Waals surface area contributed by atoms with Gasteiger partial charge in [0, 0.05) is 18.9 Å². The van der Waals surface area contributed by atoms with E-state index in [1.165, 1.54) is 6.92 Å². The molecule has 0 heterocycles. The van der Waals surface area contributed by atoms with Gasteiger partial charge in [0.25, 0.3) is 0 Å². The van der Waals surface area contributed by atoms with Gasteiger partial charge in [-0.25, -0.2) is 4.79 Å². The van der Waals surface area contributed by atoms with Gasteiger partial charge in [-0.3, -0.25) is 20.4 Å².